The third kappa shape index (κ3) is 3.44. The predicted octanol–water partition coefficient (Wildman–Crippen LogP) is 4.00. The van der Waals surface area contributed by atoms with E-state index in [9.17, 15) is 4.55 Å². The van der Waals surface area contributed by atoms with Crippen molar-refractivity contribution in [1.82, 2.24) is 9.71 Å². The van der Waals surface area contributed by atoms with E-state index in [1.807, 2.05) is 58.0 Å². The van der Waals surface area contributed by atoms with Gasteiger partial charge in [0.15, 0.2) is 0 Å². The summed E-state index contributed by atoms with van der Waals surface area (Å²) in [5.41, 5.74) is 1.86. The first kappa shape index (κ1) is 15.6. The molecule has 1 N–H and O–H groups in total. The molecule has 2 rings (SSSR count). The summed E-state index contributed by atoms with van der Waals surface area (Å²) in [6, 6.07) is 9.60. The smallest absolute Gasteiger partial charge is 0.136 e. The molecule has 1 aromatic carbocycles. The Balaban J connectivity index is 2.37. The predicted molar refractivity (Wildman–Crippen MR) is 86.2 cm³/mol. The maximum Gasteiger partial charge on any atom is 0.136 e. The zero-order valence-electron chi connectivity index (χ0n) is 12.1. The van der Waals surface area contributed by atoms with Crippen molar-refractivity contribution in [3.05, 3.63) is 41.0 Å². The molecule has 1 aromatic heterocycles. The number of para-hydroxylation sites is 1. The highest BCUT2D eigenvalue weighted by atomic mass is 35.5. The maximum atomic E-state index is 12.2. The van der Waals surface area contributed by atoms with Gasteiger partial charge in [-0.15, -0.1) is 4.72 Å². The maximum absolute atomic E-state index is 12.2. The number of nitrogens with one attached hydrogen (secondary N) is 1. The zero-order chi connectivity index (χ0) is 14.9. The standard InChI is InChI=1S/C15H19ClN2OS/c1-10(18-20(19)15(2,3)4)12-9-14(16)17-13-8-6-5-7-11(12)13/h5-10,18H,1-4H3/t10-,20?/m1/s1. The molecule has 5 heteroatoms. The lowest BCUT2D eigenvalue weighted by Crippen LogP contribution is -2.40. The molecule has 0 fully saturated rings. The van der Waals surface area contributed by atoms with Crippen molar-refractivity contribution in [1.29, 1.82) is 0 Å². The quantitative estimate of drug-likeness (QED) is 0.688. The van der Waals surface area contributed by atoms with Crippen molar-refractivity contribution in [2.24, 2.45) is 0 Å². The summed E-state index contributed by atoms with van der Waals surface area (Å²) in [7, 11) is 0. The molecule has 20 heavy (non-hydrogen) atoms. The molecule has 0 saturated carbocycles. The summed E-state index contributed by atoms with van der Waals surface area (Å²) in [5.74, 6) is 0. The van der Waals surface area contributed by atoms with Gasteiger partial charge in [0, 0.05) is 16.7 Å². The molecule has 0 radical (unpaired) electrons. The van der Waals surface area contributed by atoms with Gasteiger partial charge in [0.25, 0.3) is 0 Å². The van der Waals surface area contributed by atoms with Crippen LogP contribution in [0.3, 0.4) is 0 Å². The Hall–Kier alpha value is -0.810. The van der Waals surface area contributed by atoms with Gasteiger partial charge in [-0.1, -0.05) is 29.8 Å². The Morgan fingerprint density at radius 2 is 1.95 bits per heavy atom. The summed E-state index contributed by atoms with van der Waals surface area (Å²) < 4.78 is 15.1. The van der Waals surface area contributed by atoms with E-state index in [4.69, 9.17) is 11.6 Å². The molecule has 0 amide bonds. The van der Waals surface area contributed by atoms with Gasteiger partial charge in [-0.25, -0.2) is 4.98 Å². The first-order valence-electron chi connectivity index (χ1n) is 6.52. The van der Waals surface area contributed by atoms with Crippen LogP contribution in [0, 0.1) is 0 Å². The molecule has 0 saturated heterocycles. The second-order valence-electron chi connectivity index (χ2n) is 5.77. The molecule has 1 heterocycles. The molecule has 3 nitrogen and oxygen atoms in total. The zero-order valence-corrected chi connectivity index (χ0v) is 13.7. The Bertz CT molecular complexity index is 612. The number of hydrogen-bond donors (Lipinski definition) is 1. The van der Waals surface area contributed by atoms with Crippen molar-refractivity contribution in [3.8, 4) is 0 Å². The Labute approximate surface area is 128 Å². The molecule has 0 aliphatic carbocycles. The second kappa shape index (κ2) is 5.90. The topological polar surface area (TPSA) is 48.0 Å². The molecule has 108 valence electrons. The number of nitrogens with zero attached hydrogens (tertiary/aromatic N) is 1. The van der Waals surface area contributed by atoms with E-state index < -0.39 is 11.4 Å². The lowest BCUT2D eigenvalue weighted by Gasteiger charge is -2.27. The summed E-state index contributed by atoms with van der Waals surface area (Å²) in [4.78, 5) is 4.31. The lowest BCUT2D eigenvalue weighted by atomic mass is 10.0. The molecule has 2 aromatic rings. The van der Waals surface area contributed by atoms with Gasteiger partial charge in [0.2, 0.25) is 0 Å². The van der Waals surface area contributed by atoms with Crippen LogP contribution >= 0.6 is 11.6 Å². The van der Waals surface area contributed by atoms with E-state index in [1.165, 1.54) is 0 Å². The second-order valence-corrected chi connectivity index (χ2v) is 8.16. The monoisotopic (exact) mass is 310 g/mol. The minimum absolute atomic E-state index is 0.0690. The SMILES string of the molecule is C[C@@H](N[S+]([O-])C(C)(C)C)c1cc(Cl)nc2ccccc12. The van der Waals surface area contributed by atoms with Gasteiger partial charge < -0.3 is 4.55 Å². The van der Waals surface area contributed by atoms with E-state index in [2.05, 4.69) is 9.71 Å². The van der Waals surface area contributed by atoms with Gasteiger partial charge >= 0.3 is 0 Å². The fourth-order valence-electron chi connectivity index (χ4n) is 1.93. The largest absolute Gasteiger partial charge is 0.598 e. The van der Waals surface area contributed by atoms with Gasteiger partial charge in [-0.2, -0.15) is 0 Å². The molecule has 0 aliphatic heterocycles. The van der Waals surface area contributed by atoms with E-state index in [1.54, 1.807) is 0 Å². The van der Waals surface area contributed by atoms with Crippen LogP contribution in [0.15, 0.2) is 30.3 Å². The molecule has 2 atom stereocenters. The average Bonchev–Trinajstić information content (AvgIpc) is 2.36. The van der Waals surface area contributed by atoms with Crippen molar-refractivity contribution in [2.75, 3.05) is 0 Å². The number of benzene rings is 1. The molecule has 0 spiro atoms. The molecular weight excluding hydrogens is 292 g/mol. The van der Waals surface area contributed by atoms with Crippen LogP contribution in [0.5, 0.6) is 0 Å². The van der Waals surface area contributed by atoms with E-state index >= 15 is 0 Å². The minimum atomic E-state index is -1.13. The highest BCUT2D eigenvalue weighted by molar-refractivity contribution is 7.90. The van der Waals surface area contributed by atoms with Crippen molar-refractivity contribution >= 4 is 33.9 Å². The Morgan fingerprint density at radius 1 is 1.30 bits per heavy atom. The van der Waals surface area contributed by atoms with E-state index in [-0.39, 0.29) is 10.8 Å². The van der Waals surface area contributed by atoms with Crippen molar-refractivity contribution in [2.45, 2.75) is 38.5 Å². The normalized spacial score (nSPS) is 15.3. The van der Waals surface area contributed by atoms with Crippen molar-refractivity contribution in [3.63, 3.8) is 0 Å². The van der Waals surface area contributed by atoms with Gasteiger partial charge in [-0.05, 0) is 45.4 Å². The molecule has 0 bridgehead atoms. The summed E-state index contributed by atoms with van der Waals surface area (Å²) >= 11 is 4.95. The van der Waals surface area contributed by atoms with E-state index in [0.29, 0.717) is 5.15 Å². The molecule has 1 unspecified atom stereocenters. The third-order valence-corrected chi connectivity index (χ3v) is 4.90. The van der Waals surface area contributed by atoms with Crippen LogP contribution in [-0.2, 0) is 11.4 Å². The first-order chi connectivity index (χ1) is 9.29. The molecule has 0 aliphatic rings. The number of hydrogen-bond acceptors (Lipinski definition) is 3. The fourth-order valence-corrected chi connectivity index (χ4v) is 2.94. The fraction of sp³-hybridized carbons (Fsp3) is 0.400. The van der Waals surface area contributed by atoms with Crippen LogP contribution in [0.25, 0.3) is 10.9 Å². The number of pyridine rings is 1. The highest BCUT2D eigenvalue weighted by Gasteiger charge is 2.28. The first-order valence-corrected chi connectivity index (χ1v) is 8.05. The molecular formula is C15H19ClN2OS. The van der Waals surface area contributed by atoms with Crippen LogP contribution in [-0.4, -0.2) is 14.3 Å². The summed E-state index contributed by atoms with van der Waals surface area (Å²) in [5, 5.41) is 1.48. The number of rotatable bonds is 3. The van der Waals surface area contributed by atoms with Crippen molar-refractivity contribution < 1.29 is 4.55 Å². The highest BCUT2D eigenvalue weighted by Crippen LogP contribution is 2.27. The number of halogens is 1. The summed E-state index contributed by atoms with van der Waals surface area (Å²) in [6.07, 6.45) is 0. The Morgan fingerprint density at radius 3 is 2.60 bits per heavy atom. The van der Waals surface area contributed by atoms with Crippen LogP contribution < -0.4 is 4.72 Å². The van der Waals surface area contributed by atoms with Crippen LogP contribution in [0.4, 0.5) is 0 Å². The number of fused-ring (bicyclic) bond motifs is 1. The number of aromatic nitrogens is 1. The third-order valence-electron chi connectivity index (χ3n) is 3.02. The van der Waals surface area contributed by atoms with Crippen LogP contribution in [0.1, 0.15) is 39.3 Å². The van der Waals surface area contributed by atoms with Gasteiger partial charge in [-0.3, -0.25) is 0 Å². The minimum Gasteiger partial charge on any atom is -0.598 e. The lowest BCUT2D eigenvalue weighted by molar-refractivity contribution is 0.532. The average molecular weight is 311 g/mol. The van der Waals surface area contributed by atoms with Gasteiger partial charge in [0.05, 0.1) is 11.6 Å². The van der Waals surface area contributed by atoms with Gasteiger partial charge in [0.1, 0.15) is 9.90 Å². The van der Waals surface area contributed by atoms with E-state index in [0.717, 1.165) is 16.5 Å². The Kier molecular flexibility index (Phi) is 4.59. The summed E-state index contributed by atoms with van der Waals surface area (Å²) in [6.45, 7) is 7.82. The van der Waals surface area contributed by atoms with Crippen LogP contribution in [0.2, 0.25) is 5.15 Å².